The van der Waals surface area contributed by atoms with Crippen LogP contribution in [-0.2, 0) is 4.79 Å². The van der Waals surface area contributed by atoms with Crippen LogP contribution in [0.3, 0.4) is 0 Å². The molecule has 82 valence electrons. The van der Waals surface area contributed by atoms with E-state index in [4.69, 9.17) is 17.3 Å². The molecule has 1 aromatic heterocycles. The number of aromatic nitrogens is 1. The highest BCUT2D eigenvalue weighted by Gasteiger charge is 2.19. The van der Waals surface area contributed by atoms with Gasteiger partial charge in [-0.25, -0.2) is 4.98 Å². The molecule has 0 atom stereocenters. The van der Waals surface area contributed by atoms with Gasteiger partial charge in [0.1, 0.15) is 0 Å². The Labute approximate surface area is 95.6 Å². The Morgan fingerprint density at radius 1 is 1.69 bits per heavy atom. The van der Waals surface area contributed by atoms with Crippen LogP contribution in [0.5, 0.6) is 0 Å². The summed E-state index contributed by atoms with van der Waals surface area (Å²) in [5, 5.41) is 10.5. The molecule has 0 bridgehead atoms. The van der Waals surface area contributed by atoms with Gasteiger partial charge in [-0.3, -0.25) is 14.9 Å². The molecule has 1 heterocycles. The minimum absolute atomic E-state index is 0.216. The first-order valence-corrected chi connectivity index (χ1v) is 4.42. The van der Waals surface area contributed by atoms with Gasteiger partial charge in [-0.05, 0) is 6.92 Å². The first kappa shape index (κ1) is 11.9. The average molecular weight is 240 g/mol. The maximum atomic E-state index is 10.7. The summed E-state index contributed by atoms with van der Waals surface area (Å²) in [5.74, 6) is 3.63. The quantitative estimate of drug-likeness (QED) is 0.339. The number of amides is 1. The fourth-order valence-electron chi connectivity index (χ4n) is 1.03. The van der Waals surface area contributed by atoms with Crippen LogP contribution in [0.25, 0.3) is 0 Å². The van der Waals surface area contributed by atoms with E-state index < -0.39 is 10.8 Å². The van der Waals surface area contributed by atoms with Crippen molar-refractivity contribution in [3.63, 3.8) is 0 Å². The van der Waals surface area contributed by atoms with E-state index in [1.165, 1.54) is 13.1 Å². The molecule has 0 fully saturated rings. The molecule has 16 heavy (non-hydrogen) atoms. The number of carbonyl (C=O) groups excluding carboxylic acids is 1. The van der Waals surface area contributed by atoms with Crippen molar-refractivity contribution in [2.45, 2.75) is 6.92 Å². The Morgan fingerprint density at radius 2 is 2.31 bits per heavy atom. The lowest BCUT2D eigenvalue weighted by atomic mass is 10.1. The van der Waals surface area contributed by atoms with Crippen LogP contribution in [0.1, 0.15) is 11.1 Å². The van der Waals surface area contributed by atoms with Gasteiger partial charge < -0.3 is 5.73 Å². The summed E-state index contributed by atoms with van der Waals surface area (Å²) < 4.78 is 0. The average Bonchev–Trinajstić information content (AvgIpc) is 2.15. The van der Waals surface area contributed by atoms with Crippen molar-refractivity contribution >= 4 is 23.2 Å². The summed E-state index contributed by atoms with van der Waals surface area (Å²) in [6.45, 7) is 1.47. The Kier molecular flexibility index (Phi) is 3.43. The highest BCUT2D eigenvalue weighted by Crippen LogP contribution is 2.27. The molecule has 0 aliphatic carbocycles. The summed E-state index contributed by atoms with van der Waals surface area (Å²) in [6.07, 6.45) is 1.25. The van der Waals surface area contributed by atoms with Crippen molar-refractivity contribution in [2.24, 2.45) is 5.73 Å². The molecule has 1 aromatic rings. The summed E-state index contributed by atoms with van der Waals surface area (Å²) in [5.41, 5.74) is 5.00. The van der Waals surface area contributed by atoms with Crippen LogP contribution < -0.4 is 5.73 Å². The van der Waals surface area contributed by atoms with Gasteiger partial charge in [0.2, 0.25) is 5.15 Å². The minimum Gasteiger partial charge on any atom is -0.359 e. The van der Waals surface area contributed by atoms with Gasteiger partial charge in [0.05, 0.1) is 10.5 Å². The molecular formula is C9H6ClN3O3. The molecule has 0 aliphatic rings. The second-order valence-electron chi connectivity index (χ2n) is 2.81. The van der Waals surface area contributed by atoms with Crippen molar-refractivity contribution in [1.29, 1.82) is 0 Å². The van der Waals surface area contributed by atoms with Gasteiger partial charge in [-0.1, -0.05) is 17.5 Å². The lowest BCUT2D eigenvalue weighted by Gasteiger charge is -2.00. The lowest BCUT2D eigenvalue weighted by molar-refractivity contribution is -0.385. The zero-order valence-corrected chi connectivity index (χ0v) is 8.91. The summed E-state index contributed by atoms with van der Waals surface area (Å²) in [4.78, 5) is 24.1. The minimum atomic E-state index is -0.822. The first-order chi connectivity index (χ1) is 7.43. The number of hydrogen-bond donors (Lipinski definition) is 1. The van der Waals surface area contributed by atoms with E-state index in [1.54, 1.807) is 0 Å². The SMILES string of the molecule is Cc1c(C#CC(N)=O)cnc(Cl)c1[N+](=O)[O-]. The molecular weight excluding hydrogens is 234 g/mol. The lowest BCUT2D eigenvalue weighted by Crippen LogP contribution is -2.06. The number of halogens is 1. The van der Waals surface area contributed by atoms with Crippen LogP contribution in [0.15, 0.2) is 6.20 Å². The maximum absolute atomic E-state index is 10.7. The standard InChI is InChI=1S/C9H6ClN3O3/c1-5-6(2-3-7(11)14)4-12-9(10)8(5)13(15)16/h4H,1H3,(H2,11,14). The van der Waals surface area contributed by atoms with Crippen molar-refractivity contribution in [1.82, 2.24) is 4.98 Å². The molecule has 2 N–H and O–H groups in total. The molecule has 0 saturated heterocycles. The number of pyridine rings is 1. The van der Waals surface area contributed by atoms with Crippen LogP contribution in [0.2, 0.25) is 5.15 Å². The third kappa shape index (κ3) is 2.46. The number of nitrogens with zero attached hydrogens (tertiary/aromatic N) is 2. The number of rotatable bonds is 1. The van der Waals surface area contributed by atoms with E-state index in [0.29, 0.717) is 0 Å². The fraction of sp³-hybridized carbons (Fsp3) is 0.111. The molecule has 0 radical (unpaired) electrons. The predicted molar refractivity (Wildman–Crippen MR) is 56.7 cm³/mol. The summed E-state index contributed by atoms with van der Waals surface area (Å²) >= 11 is 5.57. The predicted octanol–water partition coefficient (Wildman–Crippen LogP) is 0.788. The van der Waals surface area contributed by atoms with Crippen molar-refractivity contribution in [2.75, 3.05) is 0 Å². The van der Waals surface area contributed by atoms with Crippen LogP contribution in [0, 0.1) is 28.9 Å². The van der Waals surface area contributed by atoms with E-state index in [1.807, 2.05) is 0 Å². The first-order valence-electron chi connectivity index (χ1n) is 4.04. The number of primary amides is 1. The molecule has 1 amide bonds. The number of carbonyl (C=O) groups is 1. The maximum Gasteiger partial charge on any atom is 0.310 e. The molecule has 7 heteroatoms. The van der Waals surface area contributed by atoms with E-state index in [-0.39, 0.29) is 22.0 Å². The van der Waals surface area contributed by atoms with Gasteiger partial charge in [-0.2, -0.15) is 0 Å². The zero-order chi connectivity index (χ0) is 12.3. The highest BCUT2D eigenvalue weighted by atomic mass is 35.5. The van der Waals surface area contributed by atoms with Crippen LogP contribution in [-0.4, -0.2) is 15.8 Å². The highest BCUT2D eigenvalue weighted by molar-refractivity contribution is 6.31. The largest absolute Gasteiger partial charge is 0.359 e. The van der Waals surface area contributed by atoms with Gasteiger partial charge in [0.15, 0.2) is 0 Å². The second-order valence-corrected chi connectivity index (χ2v) is 3.17. The van der Waals surface area contributed by atoms with E-state index in [0.717, 1.165) is 0 Å². The van der Waals surface area contributed by atoms with Crippen LogP contribution >= 0.6 is 11.6 Å². The number of nitro groups is 1. The van der Waals surface area contributed by atoms with E-state index >= 15 is 0 Å². The normalized spacial score (nSPS) is 9.12. The third-order valence-electron chi connectivity index (χ3n) is 1.76. The molecule has 1 rings (SSSR count). The van der Waals surface area contributed by atoms with Crippen LogP contribution in [0.4, 0.5) is 5.69 Å². The molecule has 0 aliphatic heterocycles. The Balaban J connectivity index is 3.36. The summed E-state index contributed by atoms with van der Waals surface area (Å²) in [6, 6.07) is 0. The number of hydrogen-bond acceptors (Lipinski definition) is 4. The molecule has 0 unspecified atom stereocenters. The monoisotopic (exact) mass is 239 g/mol. The Bertz CT molecular complexity index is 531. The second kappa shape index (κ2) is 4.59. The van der Waals surface area contributed by atoms with Gasteiger partial charge in [-0.15, -0.1) is 0 Å². The smallest absolute Gasteiger partial charge is 0.310 e. The zero-order valence-electron chi connectivity index (χ0n) is 8.15. The van der Waals surface area contributed by atoms with Crippen molar-refractivity contribution < 1.29 is 9.72 Å². The van der Waals surface area contributed by atoms with Gasteiger partial charge in [0.25, 0.3) is 5.91 Å². The Hall–Kier alpha value is -2.13. The molecule has 0 aromatic carbocycles. The van der Waals surface area contributed by atoms with E-state index in [9.17, 15) is 14.9 Å². The number of nitrogens with two attached hydrogens (primary N) is 1. The van der Waals surface area contributed by atoms with Crippen molar-refractivity contribution in [3.05, 3.63) is 32.6 Å². The van der Waals surface area contributed by atoms with Crippen molar-refractivity contribution in [3.8, 4) is 11.8 Å². The van der Waals surface area contributed by atoms with Gasteiger partial charge in [0, 0.05) is 17.7 Å². The third-order valence-corrected chi connectivity index (χ3v) is 2.04. The fourth-order valence-corrected chi connectivity index (χ4v) is 1.29. The summed E-state index contributed by atoms with van der Waals surface area (Å²) in [7, 11) is 0. The molecule has 0 saturated carbocycles. The molecule has 6 nitrogen and oxygen atoms in total. The Morgan fingerprint density at radius 3 is 2.81 bits per heavy atom. The van der Waals surface area contributed by atoms with E-state index in [2.05, 4.69) is 16.8 Å². The topological polar surface area (TPSA) is 99.1 Å². The van der Waals surface area contributed by atoms with Gasteiger partial charge >= 0.3 is 5.69 Å². The molecule has 0 spiro atoms.